The topological polar surface area (TPSA) is 108 Å². The van der Waals surface area contributed by atoms with E-state index < -0.39 is 29.7 Å². The highest BCUT2D eigenvalue weighted by atomic mass is 32.1. The van der Waals surface area contributed by atoms with Gasteiger partial charge in [0.1, 0.15) is 17.5 Å². The zero-order valence-electron chi connectivity index (χ0n) is 16.4. The summed E-state index contributed by atoms with van der Waals surface area (Å²) in [5.41, 5.74) is 0.00165. The highest BCUT2D eigenvalue weighted by molar-refractivity contribution is 7.80. The van der Waals surface area contributed by atoms with Crippen molar-refractivity contribution in [2.45, 2.75) is 13.0 Å². The highest BCUT2D eigenvalue weighted by Crippen LogP contribution is 2.31. The largest absolute Gasteiger partial charge is 0.546 e. The van der Waals surface area contributed by atoms with E-state index in [0.717, 1.165) is 4.90 Å². The summed E-state index contributed by atoms with van der Waals surface area (Å²) in [7, 11) is 1.35. The third kappa shape index (κ3) is 4.53. The second-order valence-electron chi connectivity index (χ2n) is 6.40. The number of nitrogens with zero attached hydrogens (tertiary/aromatic N) is 1. The molecule has 31 heavy (non-hydrogen) atoms. The van der Waals surface area contributed by atoms with Gasteiger partial charge in [-0.15, -0.1) is 0 Å². The first-order chi connectivity index (χ1) is 14.7. The van der Waals surface area contributed by atoms with Crippen LogP contribution in [0.15, 0.2) is 48.0 Å². The van der Waals surface area contributed by atoms with Crippen molar-refractivity contribution in [1.29, 1.82) is 0 Å². The summed E-state index contributed by atoms with van der Waals surface area (Å²) in [6, 6.07) is 9.90. The summed E-state index contributed by atoms with van der Waals surface area (Å²) in [5, 5.41) is 13.0. The number of nitrogens with one attached hydrogen (secondary N) is 1. The van der Waals surface area contributed by atoms with Gasteiger partial charge in [0.15, 0.2) is 16.6 Å². The minimum atomic E-state index is -1.40. The first kappa shape index (κ1) is 21.9. The third-order valence-electron chi connectivity index (χ3n) is 4.33. The van der Waals surface area contributed by atoms with Crippen molar-refractivity contribution in [1.82, 2.24) is 5.32 Å². The lowest BCUT2D eigenvalue weighted by atomic mass is 10.1. The van der Waals surface area contributed by atoms with Crippen LogP contribution in [0.5, 0.6) is 11.5 Å². The molecule has 0 aliphatic carbocycles. The molecule has 0 saturated carbocycles. The maximum absolute atomic E-state index is 14.2. The Kier molecular flexibility index (Phi) is 6.30. The van der Waals surface area contributed by atoms with Gasteiger partial charge in [0.2, 0.25) is 0 Å². The Bertz CT molecular complexity index is 1120. The fourth-order valence-electron chi connectivity index (χ4n) is 2.79. The number of aliphatic carboxylic acids is 1. The van der Waals surface area contributed by atoms with Gasteiger partial charge in [-0.1, -0.05) is 18.2 Å². The average Bonchev–Trinajstić information content (AvgIpc) is 2.73. The minimum absolute atomic E-state index is 0.0963. The smallest absolute Gasteiger partial charge is 0.270 e. The summed E-state index contributed by atoms with van der Waals surface area (Å²) in [4.78, 5) is 37.1. The van der Waals surface area contributed by atoms with Gasteiger partial charge < -0.3 is 19.4 Å². The molecule has 0 aromatic heterocycles. The van der Waals surface area contributed by atoms with Crippen LogP contribution >= 0.6 is 12.2 Å². The van der Waals surface area contributed by atoms with Gasteiger partial charge >= 0.3 is 0 Å². The molecule has 1 N–H and O–H groups in total. The van der Waals surface area contributed by atoms with Crippen LogP contribution in [0.3, 0.4) is 0 Å². The van der Waals surface area contributed by atoms with Crippen LogP contribution in [-0.4, -0.2) is 36.1 Å². The number of hydrogen-bond donors (Lipinski definition) is 1. The molecule has 1 saturated heterocycles. The molecule has 1 aliphatic rings. The van der Waals surface area contributed by atoms with Gasteiger partial charge in [-0.05, 0) is 55.0 Å². The number of rotatable bonds is 6. The Morgan fingerprint density at radius 2 is 1.94 bits per heavy atom. The number of benzene rings is 2. The van der Waals surface area contributed by atoms with Gasteiger partial charge in [-0.2, -0.15) is 0 Å². The predicted octanol–water partition coefficient (Wildman–Crippen LogP) is 1.18. The molecule has 8 nitrogen and oxygen atoms in total. The van der Waals surface area contributed by atoms with E-state index in [2.05, 4.69) is 5.32 Å². The number of anilines is 1. The van der Waals surface area contributed by atoms with Gasteiger partial charge in [0.25, 0.3) is 11.8 Å². The maximum Gasteiger partial charge on any atom is 0.270 e. The average molecular weight is 443 g/mol. The van der Waals surface area contributed by atoms with Crippen molar-refractivity contribution in [3.63, 3.8) is 0 Å². The molecule has 10 heteroatoms. The molecule has 1 aliphatic heterocycles. The van der Waals surface area contributed by atoms with Crippen molar-refractivity contribution in [2.24, 2.45) is 0 Å². The molecule has 2 aromatic carbocycles. The van der Waals surface area contributed by atoms with Crippen LogP contribution in [0.25, 0.3) is 6.08 Å². The number of methoxy groups -OCH3 is 1. The van der Waals surface area contributed by atoms with E-state index in [1.54, 1.807) is 0 Å². The van der Waals surface area contributed by atoms with Crippen LogP contribution in [0.2, 0.25) is 0 Å². The first-order valence-corrected chi connectivity index (χ1v) is 9.35. The number of thiocarbonyl (C=S) groups is 1. The number of carboxylic acid groups (broad SMARTS) is 1. The summed E-state index contributed by atoms with van der Waals surface area (Å²) >= 11 is 5.05. The molecule has 0 spiro atoms. The Morgan fingerprint density at radius 3 is 2.58 bits per heavy atom. The van der Waals surface area contributed by atoms with Crippen molar-refractivity contribution in [3.8, 4) is 11.5 Å². The summed E-state index contributed by atoms with van der Waals surface area (Å²) in [5.74, 6) is -3.32. The molecule has 1 heterocycles. The number of amides is 2. The lowest BCUT2D eigenvalue weighted by Crippen LogP contribution is -2.54. The molecule has 2 aromatic rings. The number of halogens is 1. The van der Waals surface area contributed by atoms with E-state index in [1.165, 1.54) is 62.6 Å². The minimum Gasteiger partial charge on any atom is -0.546 e. The van der Waals surface area contributed by atoms with E-state index in [-0.39, 0.29) is 27.9 Å². The maximum atomic E-state index is 14.2. The van der Waals surface area contributed by atoms with E-state index >= 15 is 0 Å². The molecule has 2 amide bonds. The zero-order chi connectivity index (χ0) is 22.7. The number of carbonyl (C=O) groups is 3. The number of ether oxygens (including phenoxy) is 2. The quantitative estimate of drug-likeness (QED) is 0.406. The van der Waals surface area contributed by atoms with Crippen LogP contribution in [0.1, 0.15) is 12.5 Å². The SMILES string of the molecule is COc1cc(/C=C2/C(=O)NC(=S)N(c3ccccc3F)C2=O)ccc1O[C@H](C)C(=O)[O-]. The van der Waals surface area contributed by atoms with Crippen molar-refractivity contribution in [2.75, 3.05) is 12.0 Å². The van der Waals surface area contributed by atoms with Gasteiger partial charge in [-0.25, -0.2) is 9.29 Å². The van der Waals surface area contributed by atoms with E-state index in [4.69, 9.17) is 21.7 Å². The molecule has 3 rings (SSSR count). The Balaban J connectivity index is 1.97. The van der Waals surface area contributed by atoms with Crippen LogP contribution < -0.4 is 24.8 Å². The Hall–Kier alpha value is -3.79. The van der Waals surface area contributed by atoms with Gasteiger partial charge in [0, 0.05) is 0 Å². The molecule has 0 unspecified atom stereocenters. The second-order valence-corrected chi connectivity index (χ2v) is 6.79. The lowest BCUT2D eigenvalue weighted by Gasteiger charge is -2.29. The van der Waals surface area contributed by atoms with Crippen molar-refractivity contribution >= 4 is 46.9 Å². The van der Waals surface area contributed by atoms with Crippen LogP contribution in [-0.2, 0) is 14.4 Å². The van der Waals surface area contributed by atoms with Crippen LogP contribution in [0, 0.1) is 5.82 Å². The number of carbonyl (C=O) groups excluding carboxylic acids is 3. The van der Waals surface area contributed by atoms with E-state index in [9.17, 15) is 23.9 Å². The van der Waals surface area contributed by atoms with Crippen molar-refractivity contribution in [3.05, 3.63) is 59.4 Å². The lowest BCUT2D eigenvalue weighted by molar-refractivity contribution is -0.312. The summed E-state index contributed by atoms with van der Waals surface area (Å²) in [6.45, 7) is 1.30. The number of hydrogen-bond acceptors (Lipinski definition) is 7. The molecular formula is C21H16FN2O6S-. The van der Waals surface area contributed by atoms with Gasteiger partial charge in [-0.3, -0.25) is 14.9 Å². The molecule has 0 bridgehead atoms. The van der Waals surface area contributed by atoms with E-state index in [0.29, 0.717) is 5.56 Å². The molecule has 1 fully saturated rings. The third-order valence-corrected chi connectivity index (χ3v) is 4.61. The molecular weight excluding hydrogens is 427 g/mol. The van der Waals surface area contributed by atoms with E-state index in [1.807, 2.05) is 0 Å². The Labute approximate surface area is 181 Å². The molecule has 160 valence electrons. The molecule has 0 radical (unpaired) electrons. The standard InChI is InChI=1S/C21H17FN2O6S/c1-11(20(27)28)30-16-8-7-12(10-17(16)29-2)9-13-18(25)23-21(31)24(19(13)26)15-6-4-3-5-14(15)22/h3-11H,1-2H3,(H,27,28)(H,23,25,31)/p-1/b13-9-/t11-/m1/s1. The molecule has 1 atom stereocenters. The Morgan fingerprint density at radius 1 is 1.23 bits per heavy atom. The van der Waals surface area contributed by atoms with Crippen molar-refractivity contribution < 1.29 is 33.4 Å². The number of carboxylic acids is 1. The normalized spacial score (nSPS) is 16.2. The number of para-hydroxylation sites is 1. The van der Waals surface area contributed by atoms with Gasteiger partial charge in [0.05, 0.1) is 18.8 Å². The highest BCUT2D eigenvalue weighted by Gasteiger charge is 2.35. The predicted molar refractivity (Wildman–Crippen MR) is 111 cm³/mol. The fraction of sp³-hybridized carbons (Fsp3) is 0.143. The second kappa shape index (κ2) is 8.92. The monoisotopic (exact) mass is 443 g/mol. The summed E-state index contributed by atoms with van der Waals surface area (Å²) in [6.07, 6.45) is 0.0565. The first-order valence-electron chi connectivity index (χ1n) is 8.94. The fourth-order valence-corrected chi connectivity index (χ4v) is 3.06. The zero-order valence-corrected chi connectivity index (χ0v) is 17.2. The van der Waals surface area contributed by atoms with Crippen LogP contribution in [0.4, 0.5) is 10.1 Å². The summed E-state index contributed by atoms with van der Waals surface area (Å²) < 4.78 is 24.7.